The zero-order valence-electron chi connectivity index (χ0n) is 28.8. The van der Waals surface area contributed by atoms with E-state index in [1.807, 2.05) is 54.7 Å². The number of rotatable bonds is 6. The van der Waals surface area contributed by atoms with Gasteiger partial charge in [-0.25, -0.2) is 4.98 Å². The van der Waals surface area contributed by atoms with Crippen molar-refractivity contribution in [2.45, 2.75) is 0 Å². The number of pyridine rings is 1. The number of hydrogen-bond acceptors (Lipinski definition) is 5. The summed E-state index contributed by atoms with van der Waals surface area (Å²) in [4.78, 5) is 18.2. The van der Waals surface area contributed by atoms with Gasteiger partial charge in [-0.15, -0.1) is 0 Å². The predicted molar refractivity (Wildman–Crippen MR) is 220 cm³/mol. The van der Waals surface area contributed by atoms with Crippen molar-refractivity contribution in [2.24, 2.45) is 0 Å². The molecule has 0 atom stereocenters. The van der Waals surface area contributed by atoms with E-state index >= 15 is 0 Å². The van der Waals surface area contributed by atoms with Gasteiger partial charge in [-0.1, -0.05) is 121 Å². The van der Waals surface area contributed by atoms with Crippen LogP contribution in [0.25, 0.3) is 100.0 Å². The fourth-order valence-electron chi connectivity index (χ4n) is 7.33. The molecule has 254 valence electrons. The van der Waals surface area contributed by atoms with E-state index in [2.05, 4.69) is 130 Å². The number of fused-ring (bicyclic) bond motifs is 4. The lowest BCUT2D eigenvalue weighted by molar-refractivity contribution is 0.670. The Labute approximate surface area is 316 Å². The molecule has 3 aromatic heterocycles. The number of halogens is 1. The third kappa shape index (κ3) is 5.77. The summed E-state index contributed by atoms with van der Waals surface area (Å²) in [5.41, 5.74) is 11.9. The van der Waals surface area contributed by atoms with Crippen molar-refractivity contribution in [1.29, 1.82) is 0 Å². The molecule has 0 unspecified atom stereocenters. The van der Waals surface area contributed by atoms with Crippen molar-refractivity contribution < 1.29 is 4.42 Å². The fraction of sp³-hybridized carbons (Fsp3) is 0. The van der Waals surface area contributed by atoms with Gasteiger partial charge >= 0.3 is 0 Å². The maximum absolute atomic E-state index is 6.76. The molecular weight excluding hydrogens is 684 g/mol. The number of aromatic nitrogens is 4. The van der Waals surface area contributed by atoms with Gasteiger partial charge in [0.1, 0.15) is 11.2 Å². The molecule has 0 N–H and O–H groups in total. The Hall–Kier alpha value is -6.95. The molecule has 0 aliphatic heterocycles. The number of nitrogens with zero attached hydrogens (tertiary/aromatic N) is 4. The third-order valence-electron chi connectivity index (χ3n) is 9.94. The second-order valence-corrected chi connectivity index (χ2v) is 13.6. The molecule has 0 bridgehead atoms. The van der Waals surface area contributed by atoms with Crippen LogP contribution in [0.1, 0.15) is 0 Å². The molecule has 5 nitrogen and oxygen atoms in total. The lowest BCUT2D eigenvalue weighted by Crippen LogP contribution is -1.97. The minimum absolute atomic E-state index is 0.129. The molecule has 0 radical (unpaired) electrons. The van der Waals surface area contributed by atoms with Gasteiger partial charge in [0.25, 0.3) is 0 Å². The molecule has 6 heteroatoms. The Morgan fingerprint density at radius 1 is 0.407 bits per heavy atom. The summed E-state index contributed by atoms with van der Waals surface area (Å²) in [6.07, 6.45) is 3.60. The first-order chi connectivity index (χ1) is 26.6. The summed E-state index contributed by atoms with van der Waals surface area (Å²) < 4.78 is 6.76. The van der Waals surface area contributed by atoms with Gasteiger partial charge in [0.2, 0.25) is 5.28 Å². The van der Waals surface area contributed by atoms with Crippen LogP contribution in [0.15, 0.2) is 181 Å². The maximum atomic E-state index is 6.76. The van der Waals surface area contributed by atoms with Gasteiger partial charge in [-0.3, -0.25) is 4.98 Å². The van der Waals surface area contributed by atoms with Crippen molar-refractivity contribution >= 4 is 44.3 Å². The van der Waals surface area contributed by atoms with Crippen LogP contribution < -0.4 is 0 Å². The Morgan fingerprint density at radius 2 is 1.02 bits per heavy atom. The predicted octanol–water partition coefficient (Wildman–Crippen LogP) is 13.0. The highest BCUT2D eigenvalue weighted by molar-refractivity contribution is 6.28. The van der Waals surface area contributed by atoms with Crippen LogP contribution in [0.3, 0.4) is 0 Å². The Morgan fingerprint density at radius 3 is 1.76 bits per heavy atom. The van der Waals surface area contributed by atoms with Crippen molar-refractivity contribution in [1.82, 2.24) is 19.9 Å². The molecule has 7 aromatic carbocycles. The molecular formula is C48H29ClN4O. The van der Waals surface area contributed by atoms with E-state index in [0.717, 1.165) is 66.4 Å². The maximum Gasteiger partial charge on any atom is 0.226 e. The summed E-state index contributed by atoms with van der Waals surface area (Å²) in [7, 11) is 0. The topological polar surface area (TPSA) is 64.7 Å². The molecule has 10 rings (SSSR count). The SMILES string of the molecule is Clc1nc(-c2cccc(-c3cccnc3)c2)nc(-c2cccc(-c3cccc4c3oc3cc(-c5cc6ccccc6cc5-c5ccccc5)ccc34)c2)n1. The second-order valence-electron chi connectivity index (χ2n) is 13.3. The zero-order chi connectivity index (χ0) is 36.0. The molecule has 0 spiro atoms. The zero-order valence-corrected chi connectivity index (χ0v) is 29.6. The van der Waals surface area contributed by atoms with E-state index in [-0.39, 0.29) is 5.28 Å². The van der Waals surface area contributed by atoms with Gasteiger partial charge in [0, 0.05) is 45.4 Å². The van der Waals surface area contributed by atoms with Gasteiger partial charge in [0.05, 0.1) is 0 Å². The Kier molecular flexibility index (Phi) is 7.78. The molecule has 0 saturated heterocycles. The molecule has 0 aliphatic carbocycles. The van der Waals surface area contributed by atoms with E-state index < -0.39 is 0 Å². The van der Waals surface area contributed by atoms with Crippen LogP contribution in [-0.4, -0.2) is 19.9 Å². The van der Waals surface area contributed by atoms with Crippen LogP contribution >= 0.6 is 11.6 Å². The minimum Gasteiger partial charge on any atom is -0.455 e. The normalized spacial score (nSPS) is 11.4. The summed E-state index contributed by atoms with van der Waals surface area (Å²) in [6, 6.07) is 56.6. The van der Waals surface area contributed by atoms with Gasteiger partial charge in [0.15, 0.2) is 11.6 Å². The van der Waals surface area contributed by atoms with Crippen molar-refractivity contribution in [2.75, 3.05) is 0 Å². The van der Waals surface area contributed by atoms with Crippen LogP contribution in [0.4, 0.5) is 0 Å². The first-order valence-electron chi connectivity index (χ1n) is 17.7. The first-order valence-corrected chi connectivity index (χ1v) is 18.1. The first kappa shape index (κ1) is 31.8. The summed E-state index contributed by atoms with van der Waals surface area (Å²) in [6.45, 7) is 0. The lowest BCUT2D eigenvalue weighted by atomic mass is 9.91. The minimum atomic E-state index is 0.129. The highest BCUT2D eigenvalue weighted by atomic mass is 35.5. The van der Waals surface area contributed by atoms with Gasteiger partial charge in [-0.05, 0) is 98.2 Å². The monoisotopic (exact) mass is 712 g/mol. The van der Waals surface area contributed by atoms with E-state index in [0.29, 0.717) is 11.6 Å². The highest BCUT2D eigenvalue weighted by Crippen LogP contribution is 2.41. The lowest BCUT2D eigenvalue weighted by Gasteiger charge is -2.13. The highest BCUT2D eigenvalue weighted by Gasteiger charge is 2.17. The van der Waals surface area contributed by atoms with Crippen molar-refractivity contribution in [3.05, 3.63) is 181 Å². The van der Waals surface area contributed by atoms with Gasteiger partial charge < -0.3 is 4.42 Å². The van der Waals surface area contributed by atoms with Crippen LogP contribution in [-0.2, 0) is 0 Å². The fourth-order valence-corrected chi connectivity index (χ4v) is 7.49. The van der Waals surface area contributed by atoms with E-state index in [4.69, 9.17) is 21.0 Å². The number of furan rings is 1. The third-order valence-corrected chi connectivity index (χ3v) is 10.1. The molecule has 0 amide bonds. The summed E-state index contributed by atoms with van der Waals surface area (Å²) in [5, 5.41) is 4.66. The van der Waals surface area contributed by atoms with E-state index in [1.54, 1.807) is 6.20 Å². The van der Waals surface area contributed by atoms with E-state index in [9.17, 15) is 0 Å². The average Bonchev–Trinajstić information content (AvgIpc) is 3.62. The van der Waals surface area contributed by atoms with Crippen molar-refractivity contribution in [3.63, 3.8) is 0 Å². The average molecular weight is 713 g/mol. The standard InChI is InChI=1S/C48H29ClN4O/c49-48-52-46(36-16-6-14-31(24-36)38-18-9-23-50-29-38)51-47(53-48)37-17-7-15-34(25-37)39-19-8-20-41-40-22-21-35(28-44(40)54-45(39)41)43-27-33-13-5-4-12-32(33)26-42(43)30-10-2-1-3-11-30/h1-29H. The molecule has 3 heterocycles. The largest absolute Gasteiger partial charge is 0.455 e. The number of benzene rings is 7. The molecule has 0 saturated carbocycles. The quantitative estimate of drug-likeness (QED) is 0.172. The smallest absolute Gasteiger partial charge is 0.226 e. The van der Waals surface area contributed by atoms with Crippen LogP contribution in [0.2, 0.25) is 5.28 Å². The van der Waals surface area contributed by atoms with Crippen LogP contribution in [0.5, 0.6) is 0 Å². The van der Waals surface area contributed by atoms with Crippen molar-refractivity contribution in [3.8, 4) is 67.3 Å². The second kappa shape index (κ2) is 13.2. The summed E-state index contributed by atoms with van der Waals surface area (Å²) >= 11 is 6.53. The molecule has 54 heavy (non-hydrogen) atoms. The number of hydrogen-bond donors (Lipinski definition) is 0. The Balaban J connectivity index is 1.05. The van der Waals surface area contributed by atoms with E-state index in [1.165, 1.54) is 21.9 Å². The molecule has 0 fully saturated rings. The number of para-hydroxylation sites is 1. The van der Waals surface area contributed by atoms with Gasteiger partial charge in [-0.2, -0.15) is 9.97 Å². The molecule has 10 aromatic rings. The summed E-state index contributed by atoms with van der Waals surface area (Å²) in [5.74, 6) is 0.989. The van der Waals surface area contributed by atoms with Crippen LogP contribution in [0, 0.1) is 0 Å². The molecule has 0 aliphatic rings. The Bertz CT molecular complexity index is 3010.